The smallest absolute Gasteiger partial charge is 0.0797 e. The maximum Gasteiger partial charge on any atom is 0.0797 e. The molecule has 4 heteroatoms. The molecular weight excluding hydrogens is 218 g/mol. The van der Waals surface area contributed by atoms with Gasteiger partial charge in [0.2, 0.25) is 0 Å². The van der Waals surface area contributed by atoms with Crippen LogP contribution in [0, 0.1) is 6.92 Å². The normalized spacial score (nSPS) is 21.2. The predicted molar refractivity (Wildman–Crippen MR) is 69.1 cm³/mol. The summed E-state index contributed by atoms with van der Waals surface area (Å²) in [5, 5.41) is 3.46. The molecule has 16 heavy (non-hydrogen) atoms. The molecule has 1 aliphatic heterocycles. The molecule has 0 saturated carbocycles. The Kier molecular flexibility index (Phi) is 3.62. The molecule has 0 aliphatic carbocycles. The first-order valence-electron chi connectivity index (χ1n) is 5.94. The highest BCUT2D eigenvalue weighted by molar-refractivity contribution is 7.09. The van der Waals surface area contributed by atoms with Gasteiger partial charge in [-0.1, -0.05) is 0 Å². The molecule has 1 aromatic rings. The van der Waals surface area contributed by atoms with E-state index in [0.29, 0.717) is 0 Å². The average molecular weight is 239 g/mol. The molecule has 0 bridgehead atoms. The van der Waals surface area contributed by atoms with E-state index in [2.05, 4.69) is 36.0 Å². The number of rotatable bonds is 3. The molecule has 1 fully saturated rings. The quantitative estimate of drug-likeness (QED) is 0.870. The number of aryl methyl sites for hydroxylation is 1. The molecule has 1 N–H and O–H groups in total. The van der Waals surface area contributed by atoms with Gasteiger partial charge in [-0.15, -0.1) is 11.3 Å². The lowest BCUT2D eigenvalue weighted by Crippen LogP contribution is -2.58. The predicted octanol–water partition coefficient (Wildman–Crippen LogP) is 1.68. The van der Waals surface area contributed by atoms with Crippen LogP contribution in [0.3, 0.4) is 0 Å². The van der Waals surface area contributed by atoms with Gasteiger partial charge in [-0.3, -0.25) is 4.90 Å². The zero-order valence-corrected chi connectivity index (χ0v) is 11.2. The van der Waals surface area contributed by atoms with Crippen LogP contribution < -0.4 is 5.32 Å². The summed E-state index contributed by atoms with van der Waals surface area (Å²) in [5.74, 6) is 0. The molecule has 0 unspecified atom stereocenters. The Balaban J connectivity index is 1.92. The summed E-state index contributed by atoms with van der Waals surface area (Å²) in [6, 6.07) is 0. The van der Waals surface area contributed by atoms with Crippen molar-refractivity contribution in [2.24, 2.45) is 0 Å². The third-order valence-electron chi connectivity index (χ3n) is 3.43. The van der Waals surface area contributed by atoms with Crippen molar-refractivity contribution in [3.63, 3.8) is 0 Å². The fourth-order valence-electron chi connectivity index (χ4n) is 2.24. The van der Waals surface area contributed by atoms with E-state index in [1.54, 1.807) is 11.3 Å². The Hall–Kier alpha value is -0.450. The van der Waals surface area contributed by atoms with Crippen molar-refractivity contribution in [1.82, 2.24) is 15.2 Å². The minimum Gasteiger partial charge on any atom is -0.314 e. The molecular formula is C12H21N3S. The number of nitrogens with one attached hydrogen (secondary N) is 1. The maximum absolute atomic E-state index is 4.30. The lowest BCUT2D eigenvalue weighted by molar-refractivity contribution is 0.0923. The highest BCUT2D eigenvalue weighted by Crippen LogP contribution is 2.19. The molecule has 0 atom stereocenters. The molecule has 2 heterocycles. The van der Waals surface area contributed by atoms with Crippen molar-refractivity contribution in [2.45, 2.75) is 32.7 Å². The molecule has 0 spiro atoms. The Bertz CT molecular complexity index is 346. The van der Waals surface area contributed by atoms with Crippen molar-refractivity contribution in [3.8, 4) is 0 Å². The van der Waals surface area contributed by atoms with Gasteiger partial charge in [0.1, 0.15) is 0 Å². The van der Waals surface area contributed by atoms with Crippen molar-refractivity contribution in [2.75, 3.05) is 26.2 Å². The molecule has 0 amide bonds. The van der Waals surface area contributed by atoms with E-state index in [1.165, 1.54) is 10.6 Å². The molecule has 3 nitrogen and oxygen atoms in total. The zero-order valence-electron chi connectivity index (χ0n) is 10.4. The van der Waals surface area contributed by atoms with Crippen LogP contribution in [0.15, 0.2) is 5.51 Å². The van der Waals surface area contributed by atoms with E-state index in [-0.39, 0.29) is 5.54 Å². The van der Waals surface area contributed by atoms with Crippen LogP contribution in [-0.4, -0.2) is 41.6 Å². The van der Waals surface area contributed by atoms with Gasteiger partial charge in [-0.05, 0) is 27.2 Å². The third kappa shape index (κ3) is 2.62. The van der Waals surface area contributed by atoms with Crippen LogP contribution in [-0.2, 0) is 6.42 Å². The molecule has 1 saturated heterocycles. The Labute approximate surface area is 102 Å². The number of hydrogen-bond acceptors (Lipinski definition) is 4. The van der Waals surface area contributed by atoms with E-state index in [1.807, 2.05) is 5.51 Å². The summed E-state index contributed by atoms with van der Waals surface area (Å²) in [6.07, 6.45) is 1.14. The monoisotopic (exact) mass is 239 g/mol. The van der Waals surface area contributed by atoms with E-state index in [9.17, 15) is 0 Å². The number of nitrogens with zero attached hydrogens (tertiary/aromatic N) is 2. The van der Waals surface area contributed by atoms with Gasteiger partial charge in [-0.2, -0.15) is 0 Å². The van der Waals surface area contributed by atoms with Crippen molar-refractivity contribution in [1.29, 1.82) is 0 Å². The minimum atomic E-state index is 0.289. The first kappa shape index (κ1) is 12.0. The highest BCUT2D eigenvalue weighted by Gasteiger charge is 2.28. The van der Waals surface area contributed by atoms with Crippen LogP contribution in [0.4, 0.5) is 0 Å². The topological polar surface area (TPSA) is 28.2 Å². The van der Waals surface area contributed by atoms with Gasteiger partial charge in [0.25, 0.3) is 0 Å². The third-order valence-corrected chi connectivity index (χ3v) is 4.42. The van der Waals surface area contributed by atoms with Gasteiger partial charge < -0.3 is 5.32 Å². The maximum atomic E-state index is 4.30. The van der Waals surface area contributed by atoms with Crippen LogP contribution in [0.1, 0.15) is 24.4 Å². The van der Waals surface area contributed by atoms with E-state index in [4.69, 9.17) is 0 Å². The van der Waals surface area contributed by atoms with E-state index >= 15 is 0 Å². The second-order valence-corrected chi connectivity index (χ2v) is 6.03. The summed E-state index contributed by atoms with van der Waals surface area (Å²) in [5.41, 5.74) is 3.45. The Morgan fingerprint density at radius 2 is 2.38 bits per heavy atom. The zero-order chi connectivity index (χ0) is 11.6. The Morgan fingerprint density at radius 1 is 1.56 bits per heavy atom. The van der Waals surface area contributed by atoms with E-state index in [0.717, 1.165) is 32.6 Å². The fraction of sp³-hybridized carbons (Fsp3) is 0.750. The largest absolute Gasteiger partial charge is 0.314 e. The molecule has 0 aromatic carbocycles. The van der Waals surface area contributed by atoms with Crippen LogP contribution in [0.25, 0.3) is 0 Å². The Morgan fingerprint density at radius 3 is 3.00 bits per heavy atom. The van der Waals surface area contributed by atoms with Crippen LogP contribution >= 0.6 is 11.3 Å². The summed E-state index contributed by atoms with van der Waals surface area (Å²) in [6.45, 7) is 11.3. The van der Waals surface area contributed by atoms with E-state index < -0.39 is 0 Å². The lowest BCUT2D eigenvalue weighted by atomic mass is 10.00. The minimum absolute atomic E-state index is 0.289. The molecule has 90 valence electrons. The van der Waals surface area contributed by atoms with Crippen molar-refractivity contribution < 1.29 is 0 Å². The number of hydrogen-bond donors (Lipinski definition) is 1. The standard InChI is InChI=1S/C12H21N3S/c1-10-11(16-9-14-10)4-6-15-7-5-13-8-12(15,2)3/h9,13H,4-8H2,1-3H3. The number of aromatic nitrogens is 1. The SMILES string of the molecule is Cc1ncsc1CCN1CCNCC1(C)C. The second-order valence-electron chi connectivity index (χ2n) is 5.09. The van der Waals surface area contributed by atoms with Crippen LogP contribution in [0.2, 0.25) is 0 Å². The van der Waals surface area contributed by atoms with Gasteiger partial charge in [0, 0.05) is 36.6 Å². The fourth-order valence-corrected chi connectivity index (χ4v) is 3.01. The summed E-state index contributed by atoms with van der Waals surface area (Å²) in [4.78, 5) is 8.33. The molecule has 0 radical (unpaired) electrons. The molecule has 2 rings (SSSR count). The van der Waals surface area contributed by atoms with Gasteiger partial charge in [0.15, 0.2) is 0 Å². The summed E-state index contributed by atoms with van der Waals surface area (Å²) in [7, 11) is 0. The highest BCUT2D eigenvalue weighted by atomic mass is 32.1. The average Bonchev–Trinajstić information content (AvgIpc) is 2.62. The second kappa shape index (κ2) is 4.82. The number of piperazine rings is 1. The molecule has 1 aromatic heterocycles. The first-order valence-corrected chi connectivity index (χ1v) is 6.82. The van der Waals surface area contributed by atoms with Crippen molar-refractivity contribution >= 4 is 11.3 Å². The van der Waals surface area contributed by atoms with Crippen molar-refractivity contribution in [3.05, 3.63) is 16.1 Å². The molecule has 1 aliphatic rings. The van der Waals surface area contributed by atoms with Gasteiger partial charge in [-0.25, -0.2) is 4.98 Å². The lowest BCUT2D eigenvalue weighted by Gasteiger charge is -2.42. The summed E-state index contributed by atoms with van der Waals surface area (Å²) >= 11 is 1.78. The van der Waals surface area contributed by atoms with Gasteiger partial charge >= 0.3 is 0 Å². The summed E-state index contributed by atoms with van der Waals surface area (Å²) < 4.78 is 0. The number of thiazole rings is 1. The van der Waals surface area contributed by atoms with Gasteiger partial charge in [0.05, 0.1) is 11.2 Å². The first-order chi connectivity index (χ1) is 7.59. The van der Waals surface area contributed by atoms with Crippen LogP contribution in [0.5, 0.6) is 0 Å².